The second-order valence-electron chi connectivity index (χ2n) is 39.5. The molecule has 8 aromatic rings. The van der Waals surface area contributed by atoms with Gasteiger partial charge in [0.2, 0.25) is 35.4 Å². The monoisotopic (exact) mass is 2140 g/mol. The summed E-state index contributed by atoms with van der Waals surface area (Å²) in [5.74, 6) is -2.51. The minimum atomic E-state index is -0.956. The summed E-state index contributed by atoms with van der Waals surface area (Å²) in [6.45, 7) is 14.0. The Morgan fingerprint density at radius 3 is 0.945 bits per heavy atom. The number of nitrogens with one attached hydrogen (secondary N) is 12. The predicted molar refractivity (Wildman–Crippen MR) is 560 cm³/mol. The number of amides is 12. The number of rotatable bonds is 48. The topological polar surface area (TPSA) is 518 Å². The molecule has 6 fully saturated rings. The number of carbonyl (C=O) groups excluding carboxylic acids is 14. The van der Waals surface area contributed by atoms with Gasteiger partial charge in [-0.2, -0.15) is 0 Å². The molecule has 2 spiro atoms. The van der Waals surface area contributed by atoms with Crippen LogP contribution >= 0.6 is 90.7 Å². The summed E-state index contributed by atoms with van der Waals surface area (Å²) < 4.78 is 0. The van der Waals surface area contributed by atoms with E-state index in [4.69, 9.17) is 0 Å². The van der Waals surface area contributed by atoms with Gasteiger partial charge in [0.05, 0.1) is 85.2 Å². The molecule has 772 valence electrons. The maximum atomic E-state index is 13.1. The van der Waals surface area contributed by atoms with Crippen LogP contribution in [0.25, 0.3) is 42.8 Å². The van der Waals surface area contributed by atoms with Crippen molar-refractivity contribution in [1.82, 2.24) is 113 Å². The molecule has 0 bridgehead atoms. The van der Waals surface area contributed by atoms with E-state index in [-0.39, 0.29) is 146 Å². The van der Waals surface area contributed by atoms with Crippen LogP contribution in [0.15, 0.2) is 98.6 Å². The van der Waals surface area contributed by atoms with E-state index in [2.05, 4.69) is 137 Å². The molecule has 6 aliphatic carbocycles. The van der Waals surface area contributed by atoms with Crippen LogP contribution in [-0.2, 0) is 74.1 Å². The normalized spacial score (nSPS) is 19.8. The maximum absolute atomic E-state index is 13.1. The van der Waals surface area contributed by atoms with Gasteiger partial charge in [0.15, 0.2) is 11.6 Å². The number of ketones is 2. The van der Waals surface area contributed by atoms with Crippen molar-refractivity contribution in [3.05, 3.63) is 131 Å². The van der Waals surface area contributed by atoms with E-state index in [0.29, 0.717) is 162 Å². The number of carbonyl (C=O) groups is 14. The Labute approximate surface area is 876 Å². The number of aliphatic imine (C=N–C) groups is 2. The Hall–Kier alpha value is -11.8. The molecule has 6 saturated carbocycles. The van der Waals surface area contributed by atoms with Crippen LogP contribution in [0.5, 0.6) is 0 Å². The van der Waals surface area contributed by atoms with E-state index < -0.39 is 34.0 Å². The van der Waals surface area contributed by atoms with Crippen LogP contribution in [0, 0.1) is 11.8 Å². The molecule has 0 aromatic carbocycles. The van der Waals surface area contributed by atoms with Gasteiger partial charge in [0, 0.05) is 105 Å². The molecule has 146 heavy (non-hydrogen) atoms. The average Bonchev–Trinajstić information content (AvgIpc) is 1.56. The van der Waals surface area contributed by atoms with E-state index in [0.717, 1.165) is 163 Å². The smallest absolute Gasteiger partial charge is 0.270 e. The third-order valence-electron chi connectivity index (χ3n) is 27.6. The molecular formula is C100H120N24O14S8. The highest BCUT2D eigenvalue weighted by Gasteiger charge is 2.57. The van der Waals surface area contributed by atoms with Gasteiger partial charge in [-0.25, -0.2) is 39.9 Å². The summed E-state index contributed by atoms with van der Waals surface area (Å²) in [4.78, 5) is 230. The van der Waals surface area contributed by atoms with Crippen molar-refractivity contribution < 1.29 is 67.1 Å². The van der Waals surface area contributed by atoms with Gasteiger partial charge in [-0.1, -0.05) is 25.0 Å². The van der Waals surface area contributed by atoms with Gasteiger partial charge >= 0.3 is 0 Å². The van der Waals surface area contributed by atoms with Gasteiger partial charge in [-0.3, -0.25) is 77.1 Å². The SMILES string of the molecule is C[C@H]1CC/C(=C/C(=O)NC2(C(=O)CC(=O)NCc3nc(-c4nc(C(=O)NCCCN(C)CCCNC(=O)c5csc(-c6csc(CNC(=O)CC(=O)C7(NC(=O)/C=C8/CC[C@H](C)C8)CC7)n6)n5)cs4)cs3)CC2)C1.C[C@H]1CCC(C2=C(CC(=O)NCc3nc(-c4nc(C(=O)NCCCN(C)CCCNC(=O)c5csc(-c6csc(CNC(=O)CC7=C(C8=N[C@@H](C)CC8)C(=O)NC78CC8)n6)n5)cs4)cs3)C3(CC3)NC2=O)=N1. The van der Waals surface area contributed by atoms with E-state index in [1.165, 1.54) is 90.7 Å². The number of aromatic nitrogens is 8. The summed E-state index contributed by atoms with van der Waals surface area (Å²) in [6, 6.07) is 0.368. The standard InChI is InChI=1S/C51H63N11O8S4.C49H57N13O6S4/c1-30-6-8-32(18-30)20-42(67)60-50(10-11-50)38(63)22-40(65)54-24-44-56-36(28-71-44)48-58-34(26-73-48)46(69)52-14-4-16-62(3)17-5-15-53-47(70)35-27-74-49(59-35)37-29-72-45(57-37)25-55-41(66)23-39(64)51(12-13-51)61-43(68)21-33-9-7-31(2)19-33;1-26-6-8-30(54-26)40-28(48(10-11-48)60-44(40)67)18-36(63)52-20-38-56-34(24-69-38)46-58-32(22-71-46)42(65)50-14-4-16-62(3)17-5-15-51-43(66)33-23-72-47(59-33)35-25-70-39(57-35)21-53-37(64)19-29-41(31-9-7-27(2)55-31)45(68)61-49(29)12-13-49/h20-21,26-31H,4-19,22-25H2,1-3H3,(H,52,69)(H,53,70)(H,54,65)(H,55,66)(H,60,67)(H,61,68);22-27H,4-21H2,1-3H3,(H,50,65)(H,51,66)(H,52,63)(H,53,64)(H,60,67)(H,61,68)/b32-20-,33-21-;/t30-,31-;26-,27-/m00/s1. The van der Waals surface area contributed by atoms with E-state index in [1.54, 1.807) is 33.7 Å². The lowest BCUT2D eigenvalue weighted by Gasteiger charge is -2.16. The minimum Gasteiger partial charge on any atom is -0.351 e. The number of nitrogens with zero attached hydrogens (tertiary/aromatic N) is 12. The molecule has 0 radical (unpaired) electrons. The molecular weight excluding hydrogens is 2020 g/mol. The second-order valence-corrected chi connectivity index (χ2v) is 46.7. The molecule has 12 N–H and O–H groups in total. The van der Waals surface area contributed by atoms with Crippen molar-refractivity contribution in [3.8, 4) is 42.8 Å². The summed E-state index contributed by atoms with van der Waals surface area (Å²) in [5, 5.41) is 54.4. The Balaban J connectivity index is 0.000000200. The lowest BCUT2D eigenvalue weighted by molar-refractivity contribution is -0.132. The fourth-order valence-electron chi connectivity index (χ4n) is 18.7. The molecule has 8 aromatic heterocycles. The molecule has 38 nitrogen and oxygen atoms in total. The fraction of sp³-hybridized carbons (Fsp3) is 0.520. The van der Waals surface area contributed by atoms with Crippen LogP contribution in [0.2, 0.25) is 0 Å². The quantitative estimate of drug-likeness (QED) is 0.00957. The zero-order valence-electron chi connectivity index (χ0n) is 82.3. The molecule has 4 atom stereocenters. The summed E-state index contributed by atoms with van der Waals surface area (Å²) in [5.41, 5.74) is 7.79. The summed E-state index contributed by atoms with van der Waals surface area (Å²) >= 11 is 10.8. The van der Waals surface area contributed by atoms with Gasteiger partial charge in [0.1, 0.15) is 85.6 Å². The first-order valence-corrected chi connectivity index (χ1v) is 56.9. The van der Waals surface area contributed by atoms with Crippen LogP contribution in [-0.4, -0.2) is 244 Å². The van der Waals surface area contributed by atoms with Crippen LogP contribution in [0.4, 0.5) is 0 Å². The van der Waals surface area contributed by atoms with Gasteiger partial charge in [-0.15, -0.1) is 90.7 Å². The molecule has 46 heteroatoms. The molecule has 10 aliphatic rings. The highest BCUT2D eigenvalue weighted by Crippen LogP contribution is 2.51. The molecule has 18 rings (SSSR count). The van der Waals surface area contributed by atoms with Gasteiger partial charge in [-0.05, 0) is 218 Å². The van der Waals surface area contributed by atoms with Gasteiger partial charge < -0.3 is 73.6 Å². The third kappa shape index (κ3) is 27.4. The third-order valence-corrected chi connectivity index (χ3v) is 34.4. The van der Waals surface area contributed by atoms with Crippen molar-refractivity contribution in [2.45, 2.75) is 255 Å². The van der Waals surface area contributed by atoms with Crippen molar-refractivity contribution in [2.24, 2.45) is 21.8 Å². The van der Waals surface area contributed by atoms with Crippen molar-refractivity contribution >= 4 is 185 Å². The van der Waals surface area contributed by atoms with E-state index in [1.807, 2.05) is 49.5 Å². The lowest BCUT2D eigenvalue weighted by Crippen LogP contribution is -2.44. The van der Waals surface area contributed by atoms with Gasteiger partial charge in [0.25, 0.3) is 35.4 Å². The Bertz CT molecular complexity index is 6160. The second kappa shape index (κ2) is 47.2. The summed E-state index contributed by atoms with van der Waals surface area (Å²) in [6.07, 6.45) is 20.3. The molecule has 12 heterocycles. The molecule has 12 amide bonds. The number of hydrogen-bond acceptors (Lipinski definition) is 34. The molecule has 0 unspecified atom stereocenters. The predicted octanol–water partition coefficient (Wildman–Crippen LogP) is 10.6. The van der Waals surface area contributed by atoms with E-state index in [9.17, 15) is 67.1 Å². The number of allylic oxidation sites excluding steroid dienone is 2. The number of Topliss-reactive ketones (excluding diaryl/α,β-unsaturated/α-hetero) is 2. The highest BCUT2D eigenvalue weighted by molar-refractivity contribution is 7.16. The van der Waals surface area contributed by atoms with Crippen LogP contribution in [0.3, 0.4) is 0 Å². The fourth-order valence-corrected chi connectivity index (χ4v) is 24.9. The Morgan fingerprint density at radius 2 is 0.678 bits per heavy atom. The first-order valence-electron chi connectivity index (χ1n) is 49.8. The lowest BCUT2D eigenvalue weighted by atomic mass is 9.95. The van der Waals surface area contributed by atoms with Crippen molar-refractivity contribution in [1.29, 1.82) is 0 Å². The molecule has 4 aliphatic heterocycles. The Morgan fingerprint density at radius 1 is 0.377 bits per heavy atom. The van der Waals surface area contributed by atoms with Crippen LogP contribution in [0.1, 0.15) is 257 Å². The minimum absolute atomic E-state index is 0.113. The van der Waals surface area contributed by atoms with Crippen molar-refractivity contribution in [3.63, 3.8) is 0 Å². The summed E-state index contributed by atoms with van der Waals surface area (Å²) in [7, 11) is 3.98. The average molecular weight is 2140 g/mol. The molecule has 0 saturated heterocycles. The first kappa shape index (κ1) is 106. The van der Waals surface area contributed by atoms with Crippen LogP contribution < -0.4 is 63.8 Å². The zero-order chi connectivity index (χ0) is 103. The van der Waals surface area contributed by atoms with E-state index >= 15 is 0 Å². The first-order chi connectivity index (χ1) is 70.3. The van der Waals surface area contributed by atoms with Crippen molar-refractivity contribution in [2.75, 3.05) is 66.5 Å². The zero-order valence-corrected chi connectivity index (χ0v) is 88.8. The highest BCUT2D eigenvalue weighted by atomic mass is 32.1. The number of hydrogen-bond donors (Lipinski definition) is 12. The Kier molecular flexibility index (Phi) is 34.1. The maximum Gasteiger partial charge on any atom is 0.270 e. The largest absolute Gasteiger partial charge is 0.351 e. The number of thiazole rings is 8.